The van der Waals surface area contributed by atoms with Crippen molar-refractivity contribution in [2.45, 2.75) is 46.6 Å². The Bertz CT molecular complexity index is 905. The van der Waals surface area contributed by atoms with Crippen LogP contribution >= 0.6 is 0 Å². The molecule has 5 nitrogen and oxygen atoms in total. The van der Waals surface area contributed by atoms with Crippen molar-refractivity contribution in [1.82, 2.24) is 4.98 Å². The van der Waals surface area contributed by atoms with Crippen molar-refractivity contribution < 1.29 is 14.6 Å². The molecule has 3 N–H and O–H groups in total. The van der Waals surface area contributed by atoms with Crippen LogP contribution in [0.4, 0.5) is 5.69 Å². The molecule has 0 spiro atoms. The van der Waals surface area contributed by atoms with E-state index in [1.54, 1.807) is 32.4 Å². The number of H-pyrrole nitrogens is 1. The first-order valence-corrected chi connectivity index (χ1v) is 10.1. The van der Waals surface area contributed by atoms with Crippen LogP contribution in [0, 0.1) is 5.92 Å². The molecular formula is C24H32N2O3. The molecule has 1 aliphatic rings. The van der Waals surface area contributed by atoms with Crippen molar-refractivity contribution in [2.75, 3.05) is 12.4 Å². The summed E-state index contributed by atoms with van der Waals surface area (Å²) in [6.45, 7) is 9.96. The van der Waals surface area contributed by atoms with Gasteiger partial charge in [-0.05, 0) is 43.0 Å². The Morgan fingerprint density at radius 1 is 1.24 bits per heavy atom. The van der Waals surface area contributed by atoms with Crippen LogP contribution < -0.4 is 10.1 Å². The third-order valence-electron chi connectivity index (χ3n) is 4.55. The van der Waals surface area contributed by atoms with E-state index in [9.17, 15) is 9.90 Å². The largest absolute Gasteiger partial charge is 0.495 e. The van der Waals surface area contributed by atoms with Gasteiger partial charge in [0.15, 0.2) is 0 Å². The number of carbonyl (C=O) groups is 1. The summed E-state index contributed by atoms with van der Waals surface area (Å²) in [7, 11) is 1.60. The molecule has 3 rings (SSSR count). The number of aromatic amines is 1. The molecule has 5 heteroatoms. The van der Waals surface area contributed by atoms with Crippen LogP contribution in [-0.2, 0) is 4.79 Å². The summed E-state index contributed by atoms with van der Waals surface area (Å²) >= 11 is 0. The van der Waals surface area contributed by atoms with Crippen molar-refractivity contribution in [3.63, 3.8) is 0 Å². The van der Waals surface area contributed by atoms with E-state index in [1.807, 2.05) is 44.2 Å². The van der Waals surface area contributed by atoms with E-state index in [0.717, 1.165) is 22.5 Å². The van der Waals surface area contributed by atoms with Crippen LogP contribution in [0.2, 0.25) is 0 Å². The number of hydrogen-bond donors (Lipinski definition) is 3. The second-order valence-corrected chi connectivity index (χ2v) is 7.53. The summed E-state index contributed by atoms with van der Waals surface area (Å²) in [5.41, 5.74) is 2.87. The van der Waals surface area contributed by atoms with Gasteiger partial charge in [-0.3, -0.25) is 4.79 Å². The Morgan fingerprint density at radius 3 is 2.62 bits per heavy atom. The number of aromatic nitrogens is 1. The summed E-state index contributed by atoms with van der Waals surface area (Å²) in [6.07, 6.45) is 7.93. The van der Waals surface area contributed by atoms with Gasteiger partial charge in [-0.25, -0.2) is 0 Å². The van der Waals surface area contributed by atoms with Gasteiger partial charge in [-0.2, -0.15) is 0 Å². The predicted molar refractivity (Wildman–Crippen MR) is 121 cm³/mol. The van der Waals surface area contributed by atoms with Crippen molar-refractivity contribution >= 4 is 29.3 Å². The zero-order valence-corrected chi connectivity index (χ0v) is 18.2. The second kappa shape index (κ2) is 9.61. The van der Waals surface area contributed by atoms with E-state index in [0.29, 0.717) is 23.7 Å². The van der Waals surface area contributed by atoms with Crippen LogP contribution in [0.5, 0.6) is 5.75 Å². The van der Waals surface area contributed by atoms with E-state index in [4.69, 9.17) is 4.74 Å². The maximum atomic E-state index is 12.5. The highest BCUT2D eigenvalue weighted by Gasteiger charge is 2.27. The molecule has 0 fully saturated rings. The van der Waals surface area contributed by atoms with Gasteiger partial charge < -0.3 is 20.1 Å². The SMILES string of the molecule is CC.COc1cc[nH]c1/C=C1\C(=O)Nc2cccc(C=CC(C)(O)CC(C)C)c21. The Hall–Kier alpha value is -2.79. The molecule has 0 aliphatic carbocycles. The minimum Gasteiger partial charge on any atom is -0.495 e. The highest BCUT2D eigenvalue weighted by Crippen LogP contribution is 2.37. The molecule has 1 aromatic carbocycles. The number of fused-ring (bicyclic) bond motifs is 1. The van der Waals surface area contributed by atoms with Crippen molar-refractivity contribution in [1.29, 1.82) is 0 Å². The molecular weight excluding hydrogens is 364 g/mol. The maximum Gasteiger partial charge on any atom is 0.256 e. The van der Waals surface area contributed by atoms with Crippen molar-refractivity contribution in [3.05, 3.63) is 53.4 Å². The number of carbonyl (C=O) groups excluding carboxylic acids is 1. The molecule has 0 saturated heterocycles. The van der Waals surface area contributed by atoms with Crippen LogP contribution in [0.3, 0.4) is 0 Å². The summed E-state index contributed by atoms with van der Waals surface area (Å²) < 4.78 is 5.32. The molecule has 29 heavy (non-hydrogen) atoms. The van der Waals surface area contributed by atoms with Gasteiger partial charge in [0.25, 0.3) is 5.91 Å². The Balaban J connectivity index is 0.00000145. The number of aliphatic hydroxyl groups is 1. The number of methoxy groups -OCH3 is 1. The molecule has 0 saturated carbocycles. The molecule has 1 unspecified atom stereocenters. The lowest BCUT2D eigenvalue weighted by Crippen LogP contribution is -2.22. The zero-order valence-electron chi connectivity index (χ0n) is 18.2. The van der Waals surface area contributed by atoms with Gasteiger partial charge in [0.2, 0.25) is 0 Å². The van der Waals surface area contributed by atoms with E-state index >= 15 is 0 Å². The average Bonchev–Trinajstić information content (AvgIpc) is 3.25. The number of ether oxygens (including phenoxy) is 1. The molecule has 2 heterocycles. The lowest BCUT2D eigenvalue weighted by Gasteiger charge is -2.21. The van der Waals surface area contributed by atoms with E-state index in [-0.39, 0.29) is 5.91 Å². The molecule has 1 aliphatic heterocycles. The number of benzene rings is 1. The van der Waals surface area contributed by atoms with E-state index in [2.05, 4.69) is 24.1 Å². The topological polar surface area (TPSA) is 74.4 Å². The molecule has 0 radical (unpaired) electrons. The van der Waals surface area contributed by atoms with Gasteiger partial charge in [-0.1, -0.05) is 52.0 Å². The summed E-state index contributed by atoms with van der Waals surface area (Å²) in [6, 6.07) is 7.54. The van der Waals surface area contributed by atoms with Gasteiger partial charge in [0.1, 0.15) is 5.75 Å². The molecule has 0 bridgehead atoms. The normalized spacial score (nSPS) is 16.4. The first kappa shape index (κ1) is 22.5. The van der Waals surface area contributed by atoms with E-state index < -0.39 is 5.60 Å². The quantitative estimate of drug-likeness (QED) is 0.576. The summed E-state index contributed by atoms with van der Waals surface area (Å²) in [4.78, 5) is 15.6. The minimum atomic E-state index is -0.903. The highest BCUT2D eigenvalue weighted by molar-refractivity contribution is 6.35. The monoisotopic (exact) mass is 396 g/mol. The van der Waals surface area contributed by atoms with Gasteiger partial charge in [0, 0.05) is 17.4 Å². The fraction of sp³-hybridized carbons (Fsp3) is 0.375. The Morgan fingerprint density at radius 2 is 1.97 bits per heavy atom. The lowest BCUT2D eigenvalue weighted by atomic mass is 9.92. The van der Waals surface area contributed by atoms with Crippen LogP contribution in [0.1, 0.15) is 57.9 Å². The number of anilines is 1. The number of hydrogen-bond acceptors (Lipinski definition) is 3. The van der Waals surface area contributed by atoms with Crippen LogP contribution in [0.25, 0.3) is 17.7 Å². The number of nitrogens with one attached hydrogen (secondary N) is 2. The molecule has 1 amide bonds. The molecule has 1 atom stereocenters. The minimum absolute atomic E-state index is 0.156. The van der Waals surface area contributed by atoms with Gasteiger partial charge >= 0.3 is 0 Å². The first-order chi connectivity index (χ1) is 13.8. The summed E-state index contributed by atoms with van der Waals surface area (Å²) in [5.74, 6) is 0.901. The maximum absolute atomic E-state index is 12.5. The molecule has 156 valence electrons. The Labute approximate surface area is 173 Å². The standard InChI is InChI=1S/C22H26N2O3.C2H6/c1-14(2)13-22(3,26)10-8-15-6-5-7-17-20(15)16(21(25)24-17)12-18-19(27-4)9-11-23-18;1-2/h5-12,14,23,26H,13H2,1-4H3,(H,24,25);1-2H3/b10-8?,16-12-;. The van der Waals surface area contributed by atoms with Crippen molar-refractivity contribution in [2.24, 2.45) is 5.92 Å². The fourth-order valence-electron chi connectivity index (χ4n) is 3.52. The third kappa shape index (κ3) is 5.39. The Kier molecular flexibility index (Phi) is 7.46. The lowest BCUT2D eigenvalue weighted by molar-refractivity contribution is -0.110. The van der Waals surface area contributed by atoms with Crippen LogP contribution in [0.15, 0.2) is 36.5 Å². The van der Waals surface area contributed by atoms with Gasteiger partial charge in [-0.15, -0.1) is 0 Å². The van der Waals surface area contributed by atoms with E-state index in [1.165, 1.54) is 0 Å². The van der Waals surface area contributed by atoms with Crippen LogP contribution in [-0.4, -0.2) is 28.7 Å². The zero-order chi connectivity index (χ0) is 21.6. The smallest absolute Gasteiger partial charge is 0.256 e. The van der Waals surface area contributed by atoms with Gasteiger partial charge in [0.05, 0.1) is 24.0 Å². The number of amides is 1. The predicted octanol–water partition coefficient (Wildman–Crippen LogP) is 5.35. The number of rotatable bonds is 6. The third-order valence-corrected chi connectivity index (χ3v) is 4.55. The molecule has 2 aromatic rings. The fourth-order valence-corrected chi connectivity index (χ4v) is 3.52. The highest BCUT2D eigenvalue weighted by atomic mass is 16.5. The van der Waals surface area contributed by atoms with Crippen molar-refractivity contribution in [3.8, 4) is 5.75 Å². The average molecular weight is 397 g/mol. The molecule has 1 aromatic heterocycles. The first-order valence-electron chi connectivity index (χ1n) is 10.1. The second-order valence-electron chi connectivity index (χ2n) is 7.53. The summed E-state index contributed by atoms with van der Waals surface area (Å²) in [5, 5.41) is 13.5.